The minimum atomic E-state index is 0.294. The maximum absolute atomic E-state index is 5.99. The molecule has 0 bridgehead atoms. The quantitative estimate of drug-likeness (QED) is 0.848. The van der Waals surface area contributed by atoms with Gasteiger partial charge in [0.25, 0.3) is 0 Å². The molecule has 0 N–H and O–H groups in total. The number of likely N-dealkylation sites (N-methyl/N-ethyl adjacent to an activating group) is 1. The van der Waals surface area contributed by atoms with E-state index < -0.39 is 0 Å². The molecule has 1 aromatic heterocycles. The first kappa shape index (κ1) is 14.7. The molecule has 0 aliphatic carbocycles. The van der Waals surface area contributed by atoms with Gasteiger partial charge in [-0.3, -0.25) is 4.90 Å². The van der Waals surface area contributed by atoms with Crippen LogP contribution in [0.25, 0.3) is 10.9 Å². The molecular formula is C18H23N3O2. The fraction of sp³-hybridized carbons (Fsp3) is 0.500. The third-order valence-corrected chi connectivity index (χ3v) is 5.05. The Morgan fingerprint density at radius 3 is 2.96 bits per heavy atom. The second-order valence-electron chi connectivity index (χ2n) is 6.50. The summed E-state index contributed by atoms with van der Waals surface area (Å²) in [7, 11) is 3.90. The number of hydrogen-bond acceptors (Lipinski definition) is 5. The third-order valence-electron chi connectivity index (χ3n) is 5.05. The van der Waals surface area contributed by atoms with Crippen molar-refractivity contribution in [2.24, 2.45) is 0 Å². The second-order valence-corrected chi connectivity index (χ2v) is 6.50. The zero-order valence-corrected chi connectivity index (χ0v) is 14.0. The molecule has 2 aromatic rings. The van der Waals surface area contributed by atoms with Crippen LogP contribution < -0.4 is 9.64 Å². The molecule has 2 atom stereocenters. The van der Waals surface area contributed by atoms with E-state index >= 15 is 0 Å². The van der Waals surface area contributed by atoms with Crippen molar-refractivity contribution in [1.82, 2.24) is 9.88 Å². The van der Waals surface area contributed by atoms with Gasteiger partial charge in [0, 0.05) is 36.4 Å². The SMILES string of the molecule is COc1cccc2c(N3CC4OCCN(C)C4C3)cc(C)nc12. The summed E-state index contributed by atoms with van der Waals surface area (Å²) in [6.07, 6.45) is 0.294. The number of rotatable bonds is 2. The molecule has 0 spiro atoms. The molecule has 122 valence electrons. The van der Waals surface area contributed by atoms with E-state index in [1.54, 1.807) is 7.11 Å². The van der Waals surface area contributed by atoms with Crippen LogP contribution in [0.5, 0.6) is 5.75 Å². The summed E-state index contributed by atoms with van der Waals surface area (Å²) < 4.78 is 11.5. The predicted octanol–water partition coefficient (Wildman–Crippen LogP) is 2.07. The van der Waals surface area contributed by atoms with Crippen LogP contribution in [0.2, 0.25) is 0 Å². The lowest BCUT2D eigenvalue weighted by molar-refractivity contribution is -0.0362. The van der Waals surface area contributed by atoms with Gasteiger partial charge in [-0.1, -0.05) is 12.1 Å². The molecule has 0 saturated carbocycles. The maximum atomic E-state index is 5.99. The van der Waals surface area contributed by atoms with Gasteiger partial charge in [-0.05, 0) is 26.1 Å². The molecule has 4 rings (SSSR count). The zero-order chi connectivity index (χ0) is 16.0. The van der Waals surface area contributed by atoms with E-state index in [4.69, 9.17) is 14.5 Å². The maximum Gasteiger partial charge on any atom is 0.145 e. The summed E-state index contributed by atoms with van der Waals surface area (Å²) in [4.78, 5) is 9.55. The van der Waals surface area contributed by atoms with E-state index in [0.717, 1.165) is 48.6 Å². The highest BCUT2D eigenvalue weighted by atomic mass is 16.5. The van der Waals surface area contributed by atoms with Gasteiger partial charge in [0.2, 0.25) is 0 Å². The highest BCUT2D eigenvalue weighted by molar-refractivity contribution is 5.95. The second kappa shape index (κ2) is 5.65. The monoisotopic (exact) mass is 313 g/mol. The average molecular weight is 313 g/mol. The van der Waals surface area contributed by atoms with E-state index in [1.165, 1.54) is 5.69 Å². The van der Waals surface area contributed by atoms with Gasteiger partial charge in [-0.2, -0.15) is 0 Å². The van der Waals surface area contributed by atoms with Gasteiger partial charge < -0.3 is 14.4 Å². The Labute approximate surface area is 136 Å². The number of nitrogens with zero attached hydrogens (tertiary/aromatic N) is 3. The Morgan fingerprint density at radius 1 is 1.30 bits per heavy atom. The Morgan fingerprint density at radius 2 is 2.17 bits per heavy atom. The van der Waals surface area contributed by atoms with Crippen LogP contribution >= 0.6 is 0 Å². The number of fused-ring (bicyclic) bond motifs is 2. The number of benzene rings is 1. The Hall–Kier alpha value is -1.85. The van der Waals surface area contributed by atoms with E-state index in [9.17, 15) is 0 Å². The van der Waals surface area contributed by atoms with Crippen LogP contribution in [0.1, 0.15) is 5.69 Å². The summed E-state index contributed by atoms with van der Waals surface area (Å²) in [5.41, 5.74) is 3.19. The molecule has 0 radical (unpaired) electrons. The summed E-state index contributed by atoms with van der Waals surface area (Å²) in [5.74, 6) is 0.831. The lowest BCUT2D eigenvalue weighted by Crippen LogP contribution is -2.48. The fourth-order valence-electron chi connectivity index (χ4n) is 3.81. The zero-order valence-electron chi connectivity index (χ0n) is 14.0. The number of para-hydroxylation sites is 1. The molecule has 5 heteroatoms. The summed E-state index contributed by atoms with van der Waals surface area (Å²) in [5, 5.41) is 1.15. The van der Waals surface area contributed by atoms with Crippen molar-refractivity contribution in [2.45, 2.75) is 19.1 Å². The standard InChI is InChI=1S/C18H23N3O2/c1-12-9-14(13-5-4-6-16(22-3)18(13)19-12)21-10-15-17(11-21)23-8-7-20(15)2/h4-6,9,15,17H,7-8,10-11H2,1-3H3. The molecule has 2 fully saturated rings. The Bertz CT molecular complexity index is 734. The smallest absolute Gasteiger partial charge is 0.145 e. The summed E-state index contributed by atoms with van der Waals surface area (Å²) in [6, 6.07) is 8.79. The minimum Gasteiger partial charge on any atom is -0.494 e. The molecule has 3 heterocycles. The van der Waals surface area contributed by atoms with E-state index in [1.807, 2.05) is 19.1 Å². The van der Waals surface area contributed by atoms with Crippen LogP contribution in [0.3, 0.4) is 0 Å². The van der Waals surface area contributed by atoms with Crippen molar-refractivity contribution >= 4 is 16.6 Å². The van der Waals surface area contributed by atoms with Crippen molar-refractivity contribution in [3.05, 3.63) is 30.0 Å². The van der Waals surface area contributed by atoms with Crippen LogP contribution in [0.15, 0.2) is 24.3 Å². The first-order valence-corrected chi connectivity index (χ1v) is 8.18. The Balaban J connectivity index is 1.77. The number of methoxy groups -OCH3 is 1. The largest absolute Gasteiger partial charge is 0.494 e. The Kier molecular flexibility index (Phi) is 3.62. The van der Waals surface area contributed by atoms with Crippen molar-refractivity contribution in [3.8, 4) is 5.75 Å². The van der Waals surface area contributed by atoms with E-state index in [2.05, 4.69) is 29.0 Å². The first-order valence-electron chi connectivity index (χ1n) is 8.18. The number of ether oxygens (including phenoxy) is 2. The number of anilines is 1. The van der Waals surface area contributed by atoms with Crippen molar-refractivity contribution < 1.29 is 9.47 Å². The number of hydrogen-bond donors (Lipinski definition) is 0. The lowest BCUT2D eigenvalue weighted by Gasteiger charge is -2.33. The predicted molar refractivity (Wildman–Crippen MR) is 91.4 cm³/mol. The third kappa shape index (κ3) is 2.44. The van der Waals surface area contributed by atoms with Crippen molar-refractivity contribution in [1.29, 1.82) is 0 Å². The van der Waals surface area contributed by atoms with Crippen molar-refractivity contribution in [3.63, 3.8) is 0 Å². The number of aromatic nitrogens is 1. The number of aryl methyl sites for hydroxylation is 1. The van der Waals surface area contributed by atoms with Crippen LogP contribution in [0, 0.1) is 6.92 Å². The van der Waals surface area contributed by atoms with Gasteiger partial charge in [-0.15, -0.1) is 0 Å². The first-order chi connectivity index (χ1) is 11.2. The van der Waals surface area contributed by atoms with Gasteiger partial charge in [0.1, 0.15) is 11.3 Å². The molecule has 1 aromatic carbocycles. The number of pyridine rings is 1. The normalized spacial score (nSPS) is 24.9. The van der Waals surface area contributed by atoms with Gasteiger partial charge >= 0.3 is 0 Å². The number of morpholine rings is 1. The minimum absolute atomic E-state index is 0.294. The molecular weight excluding hydrogens is 290 g/mol. The molecule has 23 heavy (non-hydrogen) atoms. The van der Waals surface area contributed by atoms with E-state index in [-0.39, 0.29) is 0 Å². The van der Waals surface area contributed by atoms with Crippen molar-refractivity contribution in [2.75, 3.05) is 45.3 Å². The molecule has 2 aliphatic rings. The topological polar surface area (TPSA) is 37.8 Å². The van der Waals surface area contributed by atoms with Crippen LogP contribution in [-0.4, -0.2) is 62.4 Å². The molecule has 2 saturated heterocycles. The molecule has 2 aliphatic heterocycles. The summed E-state index contributed by atoms with van der Waals surface area (Å²) in [6.45, 7) is 5.82. The van der Waals surface area contributed by atoms with Gasteiger partial charge in [-0.25, -0.2) is 4.98 Å². The molecule has 0 amide bonds. The van der Waals surface area contributed by atoms with Gasteiger partial charge in [0.15, 0.2) is 0 Å². The average Bonchev–Trinajstić information content (AvgIpc) is 2.99. The van der Waals surface area contributed by atoms with Gasteiger partial charge in [0.05, 0.1) is 25.9 Å². The molecule has 2 unspecified atom stereocenters. The lowest BCUT2D eigenvalue weighted by atomic mass is 10.1. The van der Waals surface area contributed by atoms with E-state index in [0.29, 0.717) is 12.1 Å². The van der Waals surface area contributed by atoms with Crippen LogP contribution in [-0.2, 0) is 4.74 Å². The fourth-order valence-corrected chi connectivity index (χ4v) is 3.81. The highest BCUT2D eigenvalue weighted by Gasteiger charge is 2.39. The highest BCUT2D eigenvalue weighted by Crippen LogP contribution is 2.35. The molecule has 5 nitrogen and oxygen atoms in total. The summed E-state index contributed by atoms with van der Waals surface area (Å²) >= 11 is 0. The van der Waals surface area contributed by atoms with Crippen LogP contribution in [0.4, 0.5) is 5.69 Å².